The van der Waals surface area contributed by atoms with E-state index in [2.05, 4.69) is 5.10 Å². The summed E-state index contributed by atoms with van der Waals surface area (Å²) in [5.41, 5.74) is 5.51. The lowest BCUT2D eigenvalue weighted by Crippen LogP contribution is -2.52. The topological polar surface area (TPSA) is 102 Å². The van der Waals surface area contributed by atoms with Gasteiger partial charge in [-0.05, 0) is 20.8 Å². The van der Waals surface area contributed by atoms with Crippen LogP contribution in [-0.4, -0.2) is 41.7 Å². The van der Waals surface area contributed by atoms with Crippen molar-refractivity contribution in [1.29, 1.82) is 0 Å². The smallest absolute Gasteiger partial charge is 0.335 e. The van der Waals surface area contributed by atoms with Gasteiger partial charge in [-0.1, -0.05) is 0 Å². The minimum Gasteiger partial charge on any atom is -0.465 e. The lowest BCUT2D eigenvalue weighted by molar-refractivity contribution is -0.149. The lowest BCUT2D eigenvalue weighted by Gasteiger charge is -2.36. The fourth-order valence-corrected chi connectivity index (χ4v) is 2.05. The van der Waals surface area contributed by atoms with E-state index in [-0.39, 0.29) is 6.61 Å². The van der Waals surface area contributed by atoms with Crippen LogP contribution in [0.2, 0.25) is 0 Å². The summed E-state index contributed by atoms with van der Waals surface area (Å²) < 4.78 is 4.91. The summed E-state index contributed by atoms with van der Waals surface area (Å²) in [7, 11) is 0. The molecule has 0 aromatic rings. The highest BCUT2D eigenvalue weighted by atomic mass is 16.5. The Kier molecular flexibility index (Phi) is 4.41. The van der Waals surface area contributed by atoms with Crippen molar-refractivity contribution in [2.75, 3.05) is 6.61 Å². The molecule has 0 radical (unpaired) electrons. The van der Waals surface area contributed by atoms with Crippen LogP contribution in [0.1, 0.15) is 20.8 Å². The number of rotatable bonds is 3. The van der Waals surface area contributed by atoms with Gasteiger partial charge in [0.1, 0.15) is 12.2 Å². The van der Waals surface area contributed by atoms with E-state index in [1.54, 1.807) is 20.8 Å². The Hall–Kier alpha value is -1.92. The van der Waals surface area contributed by atoms with Gasteiger partial charge in [0.2, 0.25) is 0 Å². The average Bonchev–Trinajstić information content (AvgIpc) is 2.30. The maximum atomic E-state index is 11.8. The molecule has 0 aliphatic carbocycles. The summed E-state index contributed by atoms with van der Waals surface area (Å²) >= 11 is 0. The zero-order valence-corrected chi connectivity index (χ0v) is 10.6. The SMILES string of the molecule is CCOC(=O)[C@@H]1C(C)=NN(C(N)=O)[C@H](C)[C@H]1C=O. The van der Waals surface area contributed by atoms with Crippen LogP contribution >= 0.6 is 0 Å². The number of nitrogens with two attached hydrogens (primary N) is 1. The second-order valence-corrected chi connectivity index (χ2v) is 4.11. The number of esters is 1. The van der Waals surface area contributed by atoms with Gasteiger partial charge >= 0.3 is 12.0 Å². The molecule has 2 amide bonds. The molecule has 1 heterocycles. The summed E-state index contributed by atoms with van der Waals surface area (Å²) in [4.78, 5) is 34.1. The van der Waals surface area contributed by atoms with E-state index in [9.17, 15) is 14.4 Å². The second-order valence-electron chi connectivity index (χ2n) is 4.11. The van der Waals surface area contributed by atoms with E-state index in [0.717, 1.165) is 5.01 Å². The number of ether oxygens (including phenoxy) is 1. The van der Waals surface area contributed by atoms with Crippen molar-refractivity contribution in [2.24, 2.45) is 22.7 Å². The van der Waals surface area contributed by atoms with Gasteiger partial charge in [-0.25, -0.2) is 9.80 Å². The summed E-state index contributed by atoms with van der Waals surface area (Å²) in [5, 5.41) is 4.98. The third kappa shape index (κ3) is 2.49. The molecule has 7 heteroatoms. The highest BCUT2D eigenvalue weighted by Gasteiger charge is 2.42. The van der Waals surface area contributed by atoms with Gasteiger partial charge in [-0.3, -0.25) is 4.79 Å². The largest absolute Gasteiger partial charge is 0.465 e. The highest BCUT2D eigenvalue weighted by Crippen LogP contribution is 2.27. The molecule has 0 unspecified atom stereocenters. The van der Waals surface area contributed by atoms with Crippen molar-refractivity contribution in [3.05, 3.63) is 0 Å². The van der Waals surface area contributed by atoms with Crippen LogP contribution in [0.3, 0.4) is 0 Å². The summed E-state index contributed by atoms with van der Waals surface area (Å²) in [5.74, 6) is -1.96. The third-order valence-corrected chi connectivity index (χ3v) is 2.97. The van der Waals surface area contributed by atoms with Gasteiger partial charge in [0.05, 0.1) is 24.3 Å². The van der Waals surface area contributed by atoms with E-state index >= 15 is 0 Å². The van der Waals surface area contributed by atoms with E-state index in [4.69, 9.17) is 10.5 Å². The quantitative estimate of drug-likeness (QED) is 0.572. The van der Waals surface area contributed by atoms with Gasteiger partial charge in [-0.2, -0.15) is 5.10 Å². The number of hydrogen-bond acceptors (Lipinski definition) is 5. The first-order valence-corrected chi connectivity index (χ1v) is 5.69. The number of amides is 2. The van der Waals surface area contributed by atoms with Gasteiger partial charge in [0, 0.05) is 0 Å². The number of carbonyl (C=O) groups is 3. The molecule has 3 atom stereocenters. The Morgan fingerprint density at radius 2 is 2.17 bits per heavy atom. The van der Waals surface area contributed by atoms with Crippen molar-refractivity contribution in [3.63, 3.8) is 0 Å². The Bertz CT molecular complexity index is 394. The number of carbonyl (C=O) groups excluding carboxylic acids is 3. The van der Waals surface area contributed by atoms with Crippen LogP contribution in [0.25, 0.3) is 0 Å². The molecule has 0 fully saturated rings. The molecule has 0 saturated heterocycles. The van der Waals surface area contributed by atoms with Crippen LogP contribution in [0, 0.1) is 11.8 Å². The fraction of sp³-hybridized carbons (Fsp3) is 0.636. The molecular formula is C11H17N3O4. The molecule has 18 heavy (non-hydrogen) atoms. The number of primary amides is 1. The molecule has 1 aliphatic rings. The molecular weight excluding hydrogens is 238 g/mol. The maximum absolute atomic E-state index is 11.8. The maximum Gasteiger partial charge on any atom is 0.335 e. The standard InChI is InChI=1S/C11H17N3O4/c1-4-18-10(16)9-6(2)13-14(11(12)17)7(3)8(9)5-15/h5,7-9H,4H2,1-3H3,(H2,12,17)/t7-,8-,9-/m1/s1. The minimum atomic E-state index is -0.756. The molecule has 1 rings (SSSR count). The molecule has 0 aromatic carbocycles. The first-order chi connectivity index (χ1) is 8.43. The van der Waals surface area contributed by atoms with E-state index < -0.39 is 29.9 Å². The number of hydrazone groups is 1. The van der Waals surface area contributed by atoms with Crippen LogP contribution in [0.5, 0.6) is 0 Å². The van der Waals surface area contributed by atoms with Crippen LogP contribution in [0.4, 0.5) is 4.79 Å². The Balaban J connectivity index is 3.11. The monoisotopic (exact) mass is 255 g/mol. The first kappa shape index (κ1) is 14.1. The Labute approximate surface area is 105 Å². The number of aldehydes is 1. The molecule has 100 valence electrons. The zero-order chi connectivity index (χ0) is 13.9. The van der Waals surface area contributed by atoms with Gasteiger partial charge in [-0.15, -0.1) is 0 Å². The predicted octanol–water partition coefficient (Wildman–Crippen LogP) is 0.139. The molecule has 0 spiro atoms. The number of hydrogen-bond donors (Lipinski definition) is 1. The molecule has 0 bridgehead atoms. The van der Waals surface area contributed by atoms with E-state index in [1.165, 1.54) is 0 Å². The molecule has 1 aliphatic heterocycles. The third-order valence-electron chi connectivity index (χ3n) is 2.97. The molecule has 0 aromatic heterocycles. The number of nitrogens with zero attached hydrogens (tertiary/aromatic N) is 2. The molecule has 0 saturated carbocycles. The van der Waals surface area contributed by atoms with E-state index in [1.807, 2.05) is 0 Å². The zero-order valence-electron chi connectivity index (χ0n) is 10.6. The van der Waals surface area contributed by atoms with Crippen molar-refractivity contribution >= 4 is 24.0 Å². The van der Waals surface area contributed by atoms with Crippen LogP contribution in [-0.2, 0) is 14.3 Å². The normalized spacial score (nSPS) is 27.4. The summed E-state index contributed by atoms with van der Waals surface area (Å²) in [6.07, 6.45) is 0.639. The Morgan fingerprint density at radius 1 is 1.56 bits per heavy atom. The molecule has 7 nitrogen and oxygen atoms in total. The second kappa shape index (κ2) is 5.61. The van der Waals surface area contributed by atoms with Gasteiger partial charge in [0.15, 0.2) is 0 Å². The summed E-state index contributed by atoms with van der Waals surface area (Å²) in [6, 6.07) is -1.32. The van der Waals surface area contributed by atoms with E-state index in [0.29, 0.717) is 12.0 Å². The predicted molar refractivity (Wildman–Crippen MR) is 63.7 cm³/mol. The minimum absolute atomic E-state index is 0.224. The van der Waals surface area contributed by atoms with Crippen LogP contribution in [0.15, 0.2) is 5.10 Å². The van der Waals surface area contributed by atoms with Gasteiger partial charge in [0.25, 0.3) is 0 Å². The van der Waals surface area contributed by atoms with Gasteiger partial charge < -0.3 is 15.3 Å². The van der Waals surface area contributed by atoms with Crippen molar-refractivity contribution in [3.8, 4) is 0 Å². The van der Waals surface area contributed by atoms with Crippen molar-refractivity contribution < 1.29 is 19.1 Å². The first-order valence-electron chi connectivity index (χ1n) is 5.69. The molecule has 2 N–H and O–H groups in total. The van der Waals surface area contributed by atoms with Crippen molar-refractivity contribution in [2.45, 2.75) is 26.8 Å². The Morgan fingerprint density at radius 3 is 2.61 bits per heavy atom. The average molecular weight is 255 g/mol. The van der Waals surface area contributed by atoms with Crippen molar-refractivity contribution in [1.82, 2.24) is 5.01 Å². The summed E-state index contributed by atoms with van der Waals surface area (Å²) in [6.45, 7) is 5.09. The fourth-order valence-electron chi connectivity index (χ4n) is 2.05. The van der Waals surface area contributed by atoms with Crippen LogP contribution < -0.4 is 5.73 Å². The lowest BCUT2D eigenvalue weighted by atomic mass is 9.83. The number of urea groups is 1. The highest BCUT2D eigenvalue weighted by molar-refractivity contribution is 6.04.